The summed E-state index contributed by atoms with van der Waals surface area (Å²) in [5.74, 6) is 0.872. The summed E-state index contributed by atoms with van der Waals surface area (Å²) in [4.78, 5) is 4.48. The van der Waals surface area contributed by atoms with E-state index in [2.05, 4.69) is 23.4 Å². The number of para-hydroxylation sites is 1. The zero-order valence-electron chi connectivity index (χ0n) is 11.0. The fourth-order valence-electron chi connectivity index (χ4n) is 2.48. The maximum atomic E-state index is 13.8. The SMILES string of the molecule is CCCC(CN)c1nc2c(F)cccc2n1CC. The summed E-state index contributed by atoms with van der Waals surface area (Å²) in [6.45, 7) is 5.52. The predicted molar refractivity (Wildman–Crippen MR) is 72.1 cm³/mol. The van der Waals surface area contributed by atoms with Gasteiger partial charge in [0.1, 0.15) is 11.3 Å². The van der Waals surface area contributed by atoms with Crippen LogP contribution in [0.5, 0.6) is 0 Å². The summed E-state index contributed by atoms with van der Waals surface area (Å²) in [5, 5.41) is 0. The van der Waals surface area contributed by atoms with Gasteiger partial charge in [0.25, 0.3) is 0 Å². The summed E-state index contributed by atoms with van der Waals surface area (Å²) in [6, 6.07) is 5.10. The Kier molecular flexibility index (Phi) is 3.97. The largest absolute Gasteiger partial charge is 0.330 e. The minimum Gasteiger partial charge on any atom is -0.330 e. The Balaban J connectivity index is 2.59. The van der Waals surface area contributed by atoms with Gasteiger partial charge in [0.15, 0.2) is 5.82 Å². The van der Waals surface area contributed by atoms with Crippen molar-refractivity contribution < 1.29 is 4.39 Å². The average Bonchev–Trinajstić information content (AvgIpc) is 2.75. The second kappa shape index (κ2) is 5.48. The molecule has 2 N–H and O–H groups in total. The van der Waals surface area contributed by atoms with Crippen LogP contribution in [0.3, 0.4) is 0 Å². The molecule has 1 unspecified atom stereocenters. The van der Waals surface area contributed by atoms with Gasteiger partial charge in [-0.05, 0) is 25.5 Å². The molecular weight excluding hydrogens is 229 g/mol. The average molecular weight is 249 g/mol. The van der Waals surface area contributed by atoms with Gasteiger partial charge in [0.2, 0.25) is 0 Å². The van der Waals surface area contributed by atoms with Crippen molar-refractivity contribution in [2.24, 2.45) is 5.73 Å². The van der Waals surface area contributed by atoms with E-state index in [1.807, 2.05) is 6.07 Å². The zero-order valence-corrected chi connectivity index (χ0v) is 11.0. The third-order valence-corrected chi connectivity index (χ3v) is 3.36. The van der Waals surface area contributed by atoms with E-state index in [4.69, 9.17) is 5.73 Å². The highest BCUT2D eigenvalue weighted by molar-refractivity contribution is 5.76. The van der Waals surface area contributed by atoms with E-state index in [0.29, 0.717) is 12.1 Å². The predicted octanol–water partition coefficient (Wildman–Crippen LogP) is 3.04. The molecule has 98 valence electrons. The molecule has 1 heterocycles. The molecule has 1 aromatic carbocycles. The van der Waals surface area contributed by atoms with Crippen molar-refractivity contribution in [3.8, 4) is 0 Å². The van der Waals surface area contributed by atoms with Crippen molar-refractivity contribution in [2.45, 2.75) is 39.2 Å². The first-order valence-electron chi connectivity index (χ1n) is 6.57. The van der Waals surface area contributed by atoms with Crippen LogP contribution in [0, 0.1) is 5.82 Å². The van der Waals surface area contributed by atoms with Gasteiger partial charge in [-0.1, -0.05) is 19.4 Å². The first-order chi connectivity index (χ1) is 8.72. The lowest BCUT2D eigenvalue weighted by atomic mass is 10.0. The molecule has 0 aliphatic heterocycles. The van der Waals surface area contributed by atoms with Crippen LogP contribution in [0.2, 0.25) is 0 Å². The highest BCUT2D eigenvalue weighted by Crippen LogP contribution is 2.26. The van der Waals surface area contributed by atoms with Gasteiger partial charge >= 0.3 is 0 Å². The number of rotatable bonds is 5. The van der Waals surface area contributed by atoms with E-state index in [9.17, 15) is 4.39 Å². The second-order valence-electron chi connectivity index (χ2n) is 4.54. The van der Waals surface area contributed by atoms with Crippen LogP contribution in [0.1, 0.15) is 38.4 Å². The number of hydrogen-bond donors (Lipinski definition) is 1. The molecule has 0 fully saturated rings. The molecule has 1 atom stereocenters. The molecular formula is C14H20FN3. The molecule has 0 radical (unpaired) electrons. The van der Waals surface area contributed by atoms with Crippen molar-refractivity contribution in [1.29, 1.82) is 0 Å². The molecule has 3 nitrogen and oxygen atoms in total. The first-order valence-corrected chi connectivity index (χ1v) is 6.57. The van der Waals surface area contributed by atoms with E-state index in [0.717, 1.165) is 30.7 Å². The fourth-order valence-corrected chi connectivity index (χ4v) is 2.48. The standard InChI is InChI=1S/C14H20FN3/c1-3-6-10(9-16)14-17-13-11(15)7-5-8-12(13)18(14)4-2/h5,7-8,10H,3-4,6,9,16H2,1-2H3. The summed E-state index contributed by atoms with van der Waals surface area (Å²) >= 11 is 0. The Morgan fingerprint density at radius 2 is 2.17 bits per heavy atom. The monoisotopic (exact) mass is 249 g/mol. The van der Waals surface area contributed by atoms with Crippen LogP contribution in [0.15, 0.2) is 18.2 Å². The number of halogens is 1. The summed E-state index contributed by atoms with van der Waals surface area (Å²) < 4.78 is 15.8. The summed E-state index contributed by atoms with van der Waals surface area (Å²) in [5.41, 5.74) is 7.15. The van der Waals surface area contributed by atoms with Crippen molar-refractivity contribution >= 4 is 11.0 Å². The lowest BCUT2D eigenvalue weighted by Crippen LogP contribution is -2.17. The Bertz CT molecular complexity index is 533. The van der Waals surface area contributed by atoms with Crippen molar-refractivity contribution in [3.63, 3.8) is 0 Å². The van der Waals surface area contributed by atoms with Crippen LogP contribution < -0.4 is 5.73 Å². The Hall–Kier alpha value is -1.42. The highest BCUT2D eigenvalue weighted by atomic mass is 19.1. The zero-order chi connectivity index (χ0) is 13.1. The van der Waals surface area contributed by atoms with Crippen LogP contribution in [-0.2, 0) is 6.54 Å². The van der Waals surface area contributed by atoms with Crippen LogP contribution in [0.4, 0.5) is 4.39 Å². The Morgan fingerprint density at radius 3 is 2.78 bits per heavy atom. The summed E-state index contributed by atoms with van der Waals surface area (Å²) in [7, 11) is 0. The molecule has 2 rings (SSSR count). The number of aryl methyl sites for hydroxylation is 1. The third-order valence-electron chi connectivity index (χ3n) is 3.36. The quantitative estimate of drug-likeness (QED) is 0.885. The van der Waals surface area contributed by atoms with Gasteiger partial charge in [0.05, 0.1) is 5.52 Å². The fraction of sp³-hybridized carbons (Fsp3) is 0.500. The molecule has 0 aliphatic rings. The number of aromatic nitrogens is 2. The maximum Gasteiger partial charge on any atom is 0.151 e. The van der Waals surface area contributed by atoms with Crippen LogP contribution in [-0.4, -0.2) is 16.1 Å². The Morgan fingerprint density at radius 1 is 1.39 bits per heavy atom. The third kappa shape index (κ3) is 2.12. The van der Waals surface area contributed by atoms with Gasteiger partial charge in [-0.25, -0.2) is 9.37 Å². The number of imidazole rings is 1. The molecule has 0 saturated carbocycles. The summed E-state index contributed by atoms with van der Waals surface area (Å²) in [6.07, 6.45) is 2.04. The van der Waals surface area contributed by atoms with Gasteiger partial charge in [-0.3, -0.25) is 0 Å². The molecule has 0 saturated heterocycles. The second-order valence-corrected chi connectivity index (χ2v) is 4.54. The van der Waals surface area contributed by atoms with E-state index in [1.165, 1.54) is 6.07 Å². The molecule has 0 spiro atoms. The van der Waals surface area contributed by atoms with Gasteiger partial charge in [-0.15, -0.1) is 0 Å². The first kappa shape index (κ1) is 13.0. The van der Waals surface area contributed by atoms with Gasteiger partial charge in [0, 0.05) is 19.0 Å². The topological polar surface area (TPSA) is 43.8 Å². The minimum absolute atomic E-state index is 0.210. The number of nitrogens with two attached hydrogens (primary N) is 1. The highest BCUT2D eigenvalue weighted by Gasteiger charge is 2.19. The maximum absolute atomic E-state index is 13.8. The normalized spacial score (nSPS) is 13.1. The van der Waals surface area contributed by atoms with E-state index in [-0.39, 0.29) is 11.7 Å². The Labute approximate surface area is 107 Å². The molecule has 0 bridgehead atoms. The van der Waals surface area contributed by atoms with Crippen LogP contribution in [0.25, 0.3) is 11.0 Å². The van der Waals surface area contributed by atoms with Gasteiger partial charge < -0.3 is 10.3 Å². The van der Waals surface area contributed by atoms with E-state index < -0.39 is 0 Å². The number of hydrogen-bond acceptors (Lipinski definition) is 2. The number of fused-ring (bicyclic) bond motifs is 1. The van der Waals surface area contributed by atoms with E-state index >= 15 is 0 Å². The van der Waals surface area contributed by atoms with Crippen molar-refractivity contribution in [2.75, 3.05) is 6.54 Å². The van der Waals surface area contributed by atoms with Crippen molar-refractivity contribution in [1.82, 2.24) is 9.55 Å². The smallest absolute Gasteiger partial charge is 0.151 e. The molecule has 2 aromatic rings. The molecule has 1 aromatic heterocycles. The van der Waals surface area contributed by atoms with E-state index in [1.54, 1.807) is 6.07 Å². The van der Waals surface area contributed by atoms with Crippen LogP contribution >= 0.6 is 0 Å². The number of benzene rings is 1. The minimum atomic E-state index is -0.256. The molecule has 0 aliphatic carbocycles. The van der Waals surface area contributed by atoms with Crippen molar-refractivity contribution in [3.05, 3.63) is 29.8 Å². The van der Waals surface area contributed by atoms with Gasteiger partial charge in [-0.2, -0.15) is 0 Å². The molecule has 4 heteroatoms. The molecule has 0 amide bonds. The lowest BCUT2D eigenvalue weighted by Gasteiger charge is -2.15. The number of nitrogens with zero attached hydrogens (tertiary/aromatic N) is 2. The molecule has 18 heavy (non-hydrogen) atoms. The lowest BCUT2D eigenvalue weighted by molar-refractivity contribution is 0.556.